The Balaban J connectivity index is 1.29. The number of aromatic nitrogens is 2. The van der Waals surface area contributed by atoms with Gasteiger partial charge in [-0.3, -0.25) is 4.79 Å². The lowest BCUT2D eigenvalue weighted by molar-refractivity contribution is 0.0953. The van der Waals surface area contributed by atoms with Gasteiger partial charge in [0, 0.05) is 25.1 Å². The van der Waals surface area contributed by atoms with Crippen molar-refractivity contribution >= 4 is 16.9 Å². The lowest BCUT2D eigenvalue weighted by Crippen LogP contribution is -2.29. The molecule has 0 radical (unpaired) electrons. The molecule has 3 N–H and O–H groups in total. The Morgan fingerprint density at radius 2 is 2.18 bits per heavy atom. The number of carbonyl (C=O) groups is 1. The largest absolute Gasteiger partial charge is 0.352 e. The minimum atomic E-state index is -0.277. The smallest absolute Gasteiger partial charge is 0.251 e. The molecular weight excluding hydrogens is 355 g/mol. The highest BCUT2D eigenvalue weighted by molar-refractivity contribution is 5.94. The van der Waals surface area contributed by atoms with Crippen LogP contribution < -0.4 is 10.6 Å². The normalized spacial score (nSPS) is 17.0. The number of hydrogen-bond donors (Lipinski definition) is 3. The van der Waals surface area contributed by atoms with Crippen LogP contribution in [0.2, 0.25) is 0 Å². The van der Waals surface area contributed by atoms with Crippen molar-refractivity contribution in [1.29, 1.82) is 0 Å². The third kappa shape index (κ3) is 4.39. The fourth-order valence-corrected chi connectivity index (χ4v) is 3.78. The predicted octanol–water partition coefficient (Wildman–Crippen LogP) is 3.53. The molecular formula is C22H25FN4O. The molecule has 1 aliphatic rings. The Hall–Kier alpha value is -2.73. The van der Waals surface area contributed by atoms with Gasteiger partial charge in [0.15, 0.2) is 0 Å². The van der Waals surface area contributed by atoms with Crippen molar-refractivity contribution in [2.75, 3.05) is 19.6 Å². The molecule has 0 spiro atoms. The van der Waals surface area contributed by atoms with Crippen LogP contribution >= 0.6 is 0 Å². The molecule has 2 aromatic carbocycles. The van der Waals surface area contributed by atoms with Crippen LogP contribution in [0.3, 0.4) is 0 Å². The number of hydrogen-bond acceptors (Lipinski definition) is 3. The van der Waals surface area contributed by atoms with Crippen LogP contribution in [0.15, 0.2) is 42.5 Å². The molecule has 0 bridgehead atoms. The summed E-state index contributed by atoms with van der Waals surface area (Å²) in [5, 5.41) is 6.41. The zero-order valence-corrected chi connectivity index (χ0v) is 15.8. The average Bonchev–Trinajstić information content (AvgIpc) is 3.13. The van der Waals surface area contributed by atoms with E-state index in [4.69, 9.17) is 0 Å². The summed E-state index contributed by atoms with van der Waals surface area (Å²) >= 11 is 0. The Labute approximate surface area is 163 Å². The van der Waals surface area contributed by atoms with Gasteiger partial charge in [0.2, 0.25) is 0 Å². The van der Waals surface area contributed by atoms with Gasteiger partial charge in [-0.2, -0.15) is 0 Å². The second kappa shape index (κ2) is 8.52. The number of carbonyl (C=O) groups excluding carboxylic acids is 1. The number of aryl methyl sites for hydroxylation is 1. The topological polar surface area (TPSA) is 69.8 Å². The molecule has 1 amide bonds. The summed E-state index contributed by atoms with van der Waals surface area (Å²) in [6, 6.07) is 12.5. The van der Waals surface area contributed by atoms with Crippen LogP contribution in [0.1, 0.15) is 46.9 Å². The summed E-state index contributed by atoms with van der Waals surface area (Å²) in [6.45, 7) is 2.63. The average molecular weight is 380 g/mol. The maximum atomic E-state index is 13.3. The number of rotatable bonds is 6. The zero-order valence-electron chi connectivity index (χ0n) is 15.8. The van der Waals surface area contributed by atoms with E-state index in [9.17, 15) is 9.18 Å². The van der Waals surface area contributed by atoms with E-state index in [2.05, 4.69) is 26.7 Å². The molecule has 1 unspecified atom stereocenters. The van der Waals surface area contributed by atoms with Gasteiger partial charge >= 0.3 is 0 Å². The van der Waals surface area contributed by atoms with Gasteiger partial charge in [0.1, 0.15) is 11.6 Å². The molecule has 1 aromatic heterocycles. The molecule has 0 saturated carbocycles. The number of aromatic amines is 1. The Kier molecular flexibility index (Phi) is 5.67. The van der Waals surface area contributed by atoms with Crippen molar-refractivity contribution in [1.82, 2.24) is 20.6 Å². The Bertz CT molecular complexity index is 962. The van der Waals surface area contributed by atoms with Crippen molar-refractivity contribution in [2.45, 2.75) is 31.6 Å². The van der Waals surface area contributed by atoms with Gasteiger partial charge in [0.25, 0.3) is 5.91 Å². The Morgan fingerprint density at radius 1 is 1.25 bits per heavy atom. The van der Waals surface area contributed by atoms with Crippen molar-refractivity contribution in [2.24, 2.45) is 0 Å². The number of benzene rings is 2. The second-order valence-corrected chi connectivity index (χ2v) is 7.37. The van der Waals surface area contributed by atoms with E-state index < -0.39 is 0 Å². The van der Waals surface area contributed by atoms with Gasteiger partial charge in [-0.05, 0) is 67.6 Å². The number of piperidine rings is 1. The molecule has 3 aromatic rings. The number of H-pyrrole nitrogens is 1. The van der Waals surface area contributed by atoms with Crippen molar-refractivity contribution < 1.29 is 9.18 Å². The number of imidazole rings is 1. The van der Waals surface area contributed by atoms with Gasteiger partial charge in [0.05, 0.1) is 11.0 Å². The lowest BCUT2D eigenvalue weighted by atomic mass is 9.90. The van der Waals surface area contributed by atoms with Gasteiger partial charge in [-0.25, -0.2) is 9.37 Å². The van der Waals surface area contributed by atoms with Crippen LogP contribution in [-0.2, 0) is 6.42 Å². The highest BCUT2D eigenvalue weighted by Gasteiger charge is 2.16. The number of nitrogens with zero attached hydrogens (tertiary/aromatic N) is 1. The maximum absolute atomic E-state index is 13.3. The van der Waals surface area contributed by atoms with Crippen molar-refractivity contribution in [3.05, 3.63) is 65.2 Å². The van der Waals surface area contributed by atoms with Crippen LogP contribution in [0, 0.1) is 5.82 Å². The quantitative estimate of drug-likeness (QED) is 0.573. The molecule has 1 fully saturated rings. The molecule has 5 nitrogen and oxygen atoms in total. The van der Waals surface area contributed by atoms with E-state index >= 15 is 0 Å². The summed E-state index contributed by atoms with van der Waals surface area (Å²) in [6.07, 6.45) is 3.81. The first-order valence-electron chi connectivity index (χ1n) is 9.92. The van der Waals surface area contributed by atoms with E-state index in [0.717, 1.165) is 30.9 Å². The van der Waals surface area contributed by atoms with E-state index in [-0.39, 0.29) is 11.7 Å². The molecule has 146 valence electrons. The number of nitrogens with one attached hydrogen (secondary N) is 3. The van der Waals surface area contributed by atoms with Crippen molar-refractivity contribution in [3.63, 3.8) is 0 Å². The molecule has 2 heterocycles. The summed E-state index contributed by atoms with van der Waals surface area (Å²) in [5.74, 6) is 0.972. The summed E-state index contributed by atoms with van der Waals surface area (Å²) in [5.41, 5.74) is 3.40. The van der Waals surface area contributed by atoms with Crippen LogP contribution in [-0.4, -0.2) is 35.5 Å². The minimum Gasteiger partial charge on any atom is -0.352 e. The summed E-state index contributed by atoms with van der Waals surface area (Å²) in [4.78, 5) is 20.1. The van der Waals surface area contributed by atoms with Gasteiger partial charge < -0.3 is 15.6 Å². The number of halogens is 1. The first-order valence-corrected chi connectivity index (χ1v) is 9.92. The van der Waals surface area contributed by atoms with Crippen LogP contribution in [0.25, 0.3) is 11.0 Å². The summed E-state index contributed by atoms with van der Waals surface area (Å²) < 4.78 is 13.3. The standard InChI is InChI=1S/C22H25FN4O/c23-18-8-9-19-20(13-18)27-21(26-19)7-3-11-25-22(28)16-5-1-4-15(12-16)17-6-2-10-24-14-17/h1,4-5,8-9,12-13,17,24H,2-3,6-7,10-11,14H2,(H,25,28)(H,26,27). The first kappa shape index (κ1) is 18.6. The number of fused-ring (bicyclic) bond motifs is 1. The maximum Gasteiger partial charge on any atom is 0.251 e. The predicted molar refractivity (Wildman–Crippen MR) is 108 cm³/mol. The second-order valence-electron chi connectivity index (χ2n) is 7.37. The molecule has 1 aliphatic heterocycles. The Morgan fingerprint density at radius 3 is 3.04 bits per heavy atom. The van der Waals surface area contributed by atoms with Gasteiger partial charge in [-0.15, -0.1) is 0 Å². The molecule has 0 aliphatic carbocycles. The molecule has 6 heteroatoms. The zero-order chi connectivity index (χ0) is 19.3. The monoisotopic (exact) mass is 380 g/mol. The highest BCUT2D eigenvalue weighted by Crippen LogP contribution is 2.23. The molecule has 28 heavy (non-hydrogen) atoms. The third-order valence-electron chi connectivity index (χ3n) is 5.29. The van der Waals surface area contributed by atoms with Crippen LogP contribution in [0.5, 0.6) is 0 Å². The van der Waals surface area contributed by atoms with Gasteiger partial charge in [-0.1, -0.05) is 12.1 Å². The lowest BCUT2D eigenvalue weighted by Gasteiger charge is -2.23. The fourth-order valence-electron chi connectivity index (χ4n) is 3.78. The number of amides is 1. The molecule has 1 atom stereocenters. The fraction of sp³-hybridized carbons (Fsp3) is 0.364. The van der Waals surface area contributed by atoms with Crippen LogP contribution in [0.4, 0.5) is 4.39 Å². The third-order valence-corrected chi connectivity index (χ3v) is 5.29. The van der Waals surface area contributed by atoms with E-state index in [0.29, 0.717) is 30.0 Å². The first-order chi connectivity index (χ1) is 13.7. The summed E-state index contributed by atoms with van der Waals surface area (Å²) in [7, 11) is 0. The van der Waals surface area contributed by atoms with Crippen molar-refractivity contribution in [3.8, 4) is 0 Å². The SMILES string of the molecule is O=C(NCCCc1nc2ccc(F)cc2[nH]1)c1cccc(C2CCCNC2)c1. The van der Waals surface area contributed by atoms with E-state index in [1.807, 2.05) is 18.2 Å². The highest BCUT2D eigenvalue weighted by atomic mass is 19.1. The molecule has 1 saturated heterocycles. The minimum absolute atomic E-state index is 0.0442. The molecule has 4 rings (SSSR count). The van der Waals surface area contributed by atoms with E-state index in [1.165, 1.54) is 30.5 Å². The van der Waals surface area contributed by atoms with E-state index in [1.54, 1.807) is 6.07 Å².